The Morgan fingerprint density at radius 1 is 1.22 bits per heavy atom. The Kier molecular flexibility index (Phi) is 4.10. The summed E-state index contributed by atoms with van der Waals surface area (Å²) in [6.45, 7) is 3.67. The maximum absolute atomic E-state index is 11.4. The molecule has 0 amide bonds. The van der Waals surface area contributed by atoms with Gasteiger partial charge in [0.2, 0.25) is 0 Å². The SMILES string of the molecule is CCC12CC=C3C4=C(CC[C@H]3[C@@H]1CC[C@@]2(O)CC#N)CC1(CC4)OCCO1. The maximum atomic E-state index is 11.4. The van der Waals surface area contributed by atoms with Crippen LogP contribution in [-0.4, -0.2) is 29.7 Å². The van der Waals surface area contributed by atoms with E-state index >= 15 is 0 Å². The topological polar surface area (TPSA) is 62.5 Å². The number of nitriles is 1. The summed E-state index contributed by atoms with van der Waals surface area (Å²) in [7, 11) is 0. The van der Waals surface area contributed by atoms with E-state index in [0.29, 0.717) is 11.8 Å². The van der Waals surface area contributed by atoms with Crippen LogP contribution in [0.1, 0.15) is 71.1 Å². The molecule has 2 fully saturated rings. The zero-order valence-electron chi connectivity index (χ0n) is 16.4. The van der Waals surface area contributed by atoms with Crippen LogP contribution in [0.15, 0.2) is 22.8 Å². The molecule has 4 atom stereocenters. The Hall–Kier alpha value is -1.15. The molecular formula is C23H31NO3. The van der Waals surface area contributed by atoms with Crippen molar-refractivity contribution >= 4 is 0 Å². The second-order valence-electron chi connectivity index (χ2n) is 9.40. The first-order valence-electron chi connectivity index (χ1n) is 10.8. The first kappa shape index (κ1) is 17.9. The highest BCUT2D eigenvalue weighted by Gasteiger charge is 2.61. The van der Waals surface area contributed by atoms with Crippen molar-refractivity contribution in [1.29, 1.82) is 5.26 Å². The highest BCUT2D eigenvalue weighted by molar-refractivity contribution is 5.45. The van der Waals surface area contributed by atoms with Crippen molar-refractivity contribution < 1.29 is 14.6 Å². The third kappa shape index (κ3) is 2.38. The lowest BCUT2D eigenvalue weighted by Gasteiger charge is -2.52. The van der Waals surface area contributed by atoms with E-state index in [2.05, 4.69) is 19.1 Å². The molecule has 4 heteroatoms. The van der Waals surface area contributed by atoms with Crippen molar-refractivity contribution in [2.45, 2.75) is 82.5 Å². The van der Waals surface area contributed by atoms with Gasteiger partial charge in [0.15, 0.2) is 5.79 Å². The Bertz CT molecular complexity index is 741. The Labute approximate surface area is 162 Å². The molecule has 0 aromatic heterocycles. The Morgan fingerprint density at radius 2 is 2.04 bits per heavy atom. The van der Waals surface area contributed by atoms with Crippen LogP contribution in [0.5, 0.6) is 0 Å². The lowest BCUT2D eigenvalue weighted by Crippen LogP contribution is -2.50. The summed E-state index contributed by atoms with van der Waals surface area (Å²) < 4.78 is 12.0. The summed E-state index contributed by atoms with van der Waals surface area (Å²) in [6, 6.07) is 2.28. The van der Waals surface area contributed by atoms with E-state index in [-0.39, 0.29) is 17.6 Å². The van der Waals surface area contributed by atoms with Gasteiger partial charge in [-0.3, -0.25) is 0 Å². The summed E-state index contributed by atoms with van der Waals surface area (Å²) in [4.78, 5) is 0. The van der Waals surface area contributed by atoms with Crippen LogP contribution in [-0.2, 0) is 9.47 Å². The number of aliphatic hydroxyl groups is 1. The van der Waals surface area contributed by atoms with Gasteiger partial charge in [-0.05, 0) is 67.9 Å². The van der Waals surface area contributed by atoms with Gasteiger partial charge < -0.3 is 14.6 Å². The lowest BCUT2D eigenvalue weighted by atomic mass is 9.54. The van der Waals surface area contributed by atoms with E-state index in [1.165, 1.54) is 6.42 Å². The van der Waals surface area contributed by atoms with Crippen molar-refractivity contribution in [3.63, 3.8) is 0 Å². The minimum atomic E-state index is -0.806. The van der Waals surface area contributed by atoms with Gasteiger partial charge in [-0.25, -0.2) is 0 Å². The molecule has 1 heterocycles. The molecule has 5 aliphatic rings. The molecule has 27 heavy (non-hydrogen) atoms. The summed E-state index contributed by atoms with van der Waals surface area (Å²) in [5.74, 6) is 0.739. The summed E-state index contributed by atoms with van der Waals surface area (Å²) in [5, 5.41) is 20.7. The Balaban J connectivity index is 1.49. The van der Waals surface area contributed by atoms with Crippen LogP contribution in [0.4, 0.5) is 0 Å². The predicted octanol–water partition coefficient (Wildman–Crippen LogP) is 4.40. The number of hydrogen-bond donors (Lipinski definition) is 1. The smallest absolute Gasteiger partial charge is 0.172 e. The predicted molar refractivity (Wildman–Crippen MR) is 102 cm³/mol. The second-order valence-corrected chi connectivity index (χ2v) is 9.40. The van der Waals surface area contributed by atoms with Gasteiger partial charge in [0.05, 0.1) is 31.3 Å². The molecule has 5 rings (SSSR count). The molecule has 0 bridgehead atoms. The average molecular weight is 370 g/mol. The van der Waals surface area contributed by atoms with Gasteiger partial charge in [-0.1, -0.05) is 18.6 Å². The molecule has 1 N–H and O–H groups in total. The van der Waals surface area contributed by atoms with Crippen LogP contribution in [0.2, 0.25) is 0 Å². The zero-order chi connectivity index (χ0) is 18.7. The van der Waals surface area contributed by atoms with Crippen molar-refractivity contribution in [2.24, 2.45) is 17.3 Å². The van der Waals surface area contributed by atoms with Crippen LogP contribution in [0.25, 0.3) is 0 Å². The number of hydrogen-bond acceptors (Lipinski definition) is 4. The minimum Gasteiger partial charge on any atom is -0.388 e. The number of rotatable bonds is 2. The average Bonchev–Trinajstić information content (AvgIpc) is 3.24. The molecule has 0 aromatic rings. The molecule has 146 valence electrons. The molecule has 4 nitrogen and oxygen atoms in total. The lowest BCUT2D eigenvalue weighted by molar-refractivity contribution is -0.164. The number of fused-ring (bicyclic) bond motifs is 4. The largest absolute Gasteiger partial charge is 0.388 e. The van der Waals surface area contributed by atoms with Gasteiger partial charge in [-0.2, -0.15) is 5.26 Å². The van der Waals surface area contributed by atoms with Crippen LogP contribution >= 0.6 is 0 Å². The molecule has 0 aromatic carbocycles. The van der Waals surface area contributed by atoms with Gasteiger partial charge in [0.25, 0.3) is 0 Å². The van der Waals surface area contributed by atoms with E-state index < -0.39 is 5.60 Å². The molecule has 4 aliphatic carbocycles. The Morgan fingerprint density at radius 3 is 2.78 bits per heavy atom. The second kappa shape index (κ2) is 6.17. The third-order valence-electron chi connectivity index (χ3n) is 8.66. The first-order chi connectivity index (χ1) is 13.1. The van der Waals surface area contributed by atoms with Crippen molar-refractivity contribution in [2.75, 3.05) is 13.2 Å². The normalized spacial score (nSPS) is 42.3. The van der Waals surface area contributed by atoms with E-state index in [9.17, 15) is 10.4 Å². The van der Waals surface area contributed by atoms with Crippen LogP contribution < -0.4 is 0 Å². The highest BCUT2D eigenvalue weighted by atomic mass is 16.7. The van der Waals surface area contributed by atoms with Crippen LogP contribution in [0, 0.1) is 28.6 Å². The van der Waals surface area contributed by atoms with E-state index in [4.69, 9.17) is 9.47 Å². The first-order valence-corrected chi connectivity index (χ1v) is 10.8. The molecule has 0 radical (unpaired) electrons. The molecule has 1 saturated carbocycles. The van der Waals surface area contributed by atoms with Gasteiger partial charge in [0, 0.05) is 18.3 Å². The van der Waals surface area contributed by atoms with Gasteiger partial charge in [-0.15, -0.1) is 0 Å². The summed E-state index contributed by atoms with van der Waals surface area (Å²) >= 11 is 0. The highest BCUT2D eigenvalue weighted by Crippen LogP contribution is 2.65. The van der Waals surface area contributed by atoms with Crippen molar-refractivity contribution in [3.05, 3.63) is 22.8 Å². The van der Waals surface area contributed by atoms with E-state index in [1.807, 2.05) is 0 Å². The third-order valence-corrected chi connectivity index (χ3v) is 8.66. The fourth-order valence-corrected chi connectivity index (χ4v) is 7.36. The van der Waals surface area contributed by atoms with E-state index in [0.717, 1.165) is 64.6 Å². The van der Waals surface area contributed by atoms with Gasteiger partial charge >= 0.3 is 0 Å². The monoisotopic (exact) mass is 369 g/mol. The molecule has 1 saturated heterocycles. The number of ether oxygens (including phenoxy) is 2. The van der Waals surface area contributed by atoms with Crippen LogP contribution in [0.3, 0.4) is 0 Å². The number of allylic oxidation sites excluding steroid dienone is 3. The fraction of sp³-hybridized carbons (Fsp3) is 0.783. The van der Waals surface area contributed by atoms with E-state index in [1.54, 1.807) is 16.7 Å². The van der Waals surface area contributed by atoms with Gasteiger partial charge in [0.1, 0.15) is 0 Å². The zero-order valence-corrected chi connectivity index (χ0v) is 16.4. The fourth-order valence-electron chi connectivity index (χ4n) is 7.36. The maximum Gasteiger partial charge on any atom is 0.172 e. The van der Waals surface area contributed by atoms with Crippen molar-refractivity contribution in [1.82, 2.24) is 0 Å². The molecule has 1 unspecified atom stereocenters. The quantitative estimate of drug-likeness (QED) is 0.783. The van der Waals surface area contributed by atoms with Crippen molar-refractivity contribution in [3.8, 4) is 6.07 Å². The summed E-state index contributed by atoms with van der Waals surface area (Å²) in [6.07, 6.45) is 11.7. The minimum absolute atomic E-state index is 0.109. The molecular weight excluding hydrogens is 338 g/mol. The number of nitrogens with zero attached hydrogens (tertiary/aromatic N) is 1. The molecule has 1 spiro atoms. The standard InChI is InChI=1S/C23H31NO3/c1-2-21-8-5-18-17-6-10-23(26-13-14-27-23)15-16(17)3-4-19(18)20(21)7-9-22(21,25)11-12-24/h5,19-20,25H,2-4,6-11,13-15H2,1H3/t19-,20+,21?,22-/m1/s1. The molecule has 1 aliphatic heterocycles. The summed E-state index contributed by atoms with van der Waals surface area (Å²) in [5.41, 5.74) is 3.79.